The molecular formula is C10H11ClN2O. The van der Waals surface area contributed by atoms with Gasteiger partial charge >= 0.3 is 0 Å². The molecule has 0 fully saturated rings. The van der Waals surface area contributed by atoms with Crippen LogP contribution in [0.5, 0.6) is 0 Å². The largest absolute Gasteiger partial charge is 0.386 e. The number of halogens is 1. The van der Waals surface area contributed by atoms with Crippen molar-refractivity contribution in [3.8, 4) is 0 Å². The molecule has 4 N–H and O–H groups in total. The van der Waals surface area contributed by atoms with Crippen LogP contribution >= 0.6 is 11.6 Å². The number of benzene rings is 1. The third-order valence-corrected chi connectivity index (χ3v) is 2.42. The van der Waals surface area contributed by atoms with Gasteiger partial charge in [-0.05, 0) is 23.6 Å². The first kappa shape index (κ1) is 9.52. The van der Waals surface area contributed by atoms with Crippen LogP contribution in [0.15, 0.2) is 24.3 Å². The molecule has 0 aliphatic rings. The molecule has 3 nitrogen and oxygen atoms in total. The number of rotatable bonds is 2. The van der Waals surface area contributed by atoms with Crippen LogP contribution in [0.1, 0.15) is 11.8 Å². The predicted octanol–water partition coefficient (Wildman–Crippen LogP) is 1.81. The van der Waals surface area contributed by atoms with Gasteiger partial charge in [0.2, 0.25) is 0 Å². The minimum absolute atomic E-state index is 0.209. The topological polar surface area (TPSA) is 62.0 Å². The summed E-state index contributed by atoms with van der Waals surface area (Å²) in [4.78, 5) is 3.07. The summed E-state index contributed by atoms with van der Waals surface area (Å²) in [6, 6.07) is 7.42. The summed E-state index contributed by atoms with van der Waals surface area (Å²) in [5, 5.41) is 11.2. The van der Waals surface area contributed by atoms with Gasteiger partial charge in [-0.1, -0.05) is 17.7 Å². The van der Waals surface area contributed by atoms with Crippen molar-refractivity contribution in [3.05, 3.63) is 35.0 Å². The van der Waals surface area contributed by atoms with Gasteiger partial charge in [0.15, 0.2) is 0 Å². The lowest BCUT2D eigenvalue weighted by molar-refractivity contribution is 0.183. The Balaban J connectivity index is 2.51. The lowest BCUT2D eigenvalue weighted by atomic mass is 10.2. The minimum Gasteiger partial charge on any atom is -0.386 e. The van der Waals surface area contributed by atoms with E-state index in [-0.39, 0.29) is 6.54 Å². The SMILES string of the molecule is NCC(O)c1cc2ccc(Cl)cc2[nH]1. The highest BCUT2D eigenvalue weighted by atomic mass is 35.5. The summed E-state index contributed by atoms with van der Waals surface area (Å²) < 4.78 is 0. The maximum Gasteiger partial charge on any atom is 0.106 e. The molecule has 0 saturated heterocycles. The Morgan fingerprint density at radius 1 is 1.43 bits per heavy atom. The molecule has 1 heterocycles. The molecule has 0 aliphatic heterocycles. The van der Waals surface area contributed by atoms with Crippen molar-refractivity contribution in [3.63, 3.8) is 0 Å². The van der Waals surface area contributed by atoms with E-state index >= 15 is 0 Å². The Labute approximate surface area is 86.5 Å². The number of aromatic amines is 1. The maximum atomic E-state index is 9.51. The van der Waals surface area contributed by atoms with Crippen LogP contribution in [0.2, 0.25) is 5.02 Å². The summed E-state index contributed by atoms with van der Waals surface area (Å²) in [6.45, 7) is 0.209. The summed E-state index contributed by atoms with van der Waals surface area (Å²) in [6.07, 6.45) is -0.638. The molecule has 0 aliphatic carbocycles. The quantitative estimate of drug-likeness (QED) is 0.708. The van der Waals surface area contributed by atoms with Crippen LogP contribution in [0, 0.1) is 0 Å². The van der Waals surface area contributed by atoms with Gasteiger partial charge in [-0.2, -0.15) is 0 Å². The lowest BCUT2D eigenvalue weighted by Crippen LogP contribution is -2.11. The monoisotopic (exact) mass is 210 g/mol. The van der Waals surface area contributed by atoms with E-state index in [9.17, 15) is 5.11 Å². The lowest BCUT2D eigenvalue weighted by Gasteiger charge is -2.02. The van der Waals surface area contributed by atoms with Crippen LogP contribution in [0.3, 0.4) is 0 Å². The number of fused-ring (bicyclic) bond motifs is 1. The molecule has 14 heavy (non-hydrogen) atoms. The zero-order chi connectivity index (χ0) is 10.1. The Morgan fingerprint density at radius 3 is 2.93 bits per heavy atom. The Bertz CT molecular complexity index is 452. The standard InChI is InChI=1S/C10H11ClN2O/c11-7-2-1-6-3-9(10(14)5-12)13-8(6)4-7/h1-4,10,13-14H,5,12H2. The summed E-state index contributed by atoms with van der Waals surface area (Å²) in [7, 11) is 0. The van der Waals surface area contributed by atoms with E-state index in [2.05, 4.69) is 4.98 Å². The van der Waals surface area contributed by atoms with E-state index in [1.54, 1.807) is 0 Å². The molecule has 1 aromatic heterocycles. The molecule has 4 heteroatoms. The second-order valence-electron chi connectivity index (χ2n) is 3.21. The van der Waals surface area contributed by atoms with Gasteiger partial charge in [0, 0.05) is 22.8 Å². The highest BCUT2D eigenvalue weighted by Gasteiger charge is 2.08. The number of aliphatic hydroxyl groups excluding tert-OH is 1. The Kier molecular flexibility index (Phi) is 2.46. The van der Waals surface area contributed by atoms with Gasteiger partial charge in [0.1, 0.15) is 6.10 Å². The highest BCUT2D eigenvalue weighted by Crippen LogP contribution is 2.22. The molecule has 1 aromatic carbocycles. The number of nitrogens with one attached hydrogen (secondary N) is 1. The number of nitrogens with two attached hydrogens (primary N) is 1. The van der Waals surface area contributed by atoms with E-state index in [0.717, 1.165) is 16.6 Å². The third kappa shape index (κ3) is 1.62. The molecule has 1 unspecified atom stereocenters. The fourth-order valence-electron chi connectivity index (χ4n) is 1.43. The van der Waals surface area contributed by atoms with Crippen molar-refractivity contribution in [2.75, 3.05) is 6.54 Å². The van der Waals surface area contributed by atoms with E-state index in [4.69, 9.17) is 17.3 Å². The van der Waals surface area contributed by atoms with Crippen molar-refractivity contribution < 1.29 is 5.11 Å². The molecule has 0 radical (unpaired) electrons. The normalized spacial score (nSPS) is 13.4. The van der Waals surface area contributed by atoms with Gasteiger partial charge in [-0.3, -0.25) is 0 Å². The van der Waals surface area contributed by atoms with Crippen molar-refractivity contribution in [1.82, 2.24) is 4.98 Å². The van der Waals surface area contributed by atoms with E-state index in [1.807, 2.05) is 24.3 Å². The number of hydrogen-bond acceptors (Lipinski definition) is 2. The van der Waals surface area contributed by atoms with E-state index in [1.165, 1.54) is 0 Å². The first-order valence-corrected chi connectivity index (χ1v) is 4.75. The summed E-state index contributed by atoms with van der Waals surface area (Å²) >= 11 is 5.83. The van der Waals surface area contributed by atoms with Crippen LogP contribution in [0.25, 0.3) is 10.9 Å². The van der Waals surface area contributed by atoms with Crippen LogP contribution in [0.4, 0.5) is 0 Å². The first-order valence-electron chi connectivity index (χ1n) is 4.37. The van der Waals surface area contributed by atoms with Gasteiger partial charge in [-0.25, -0.2) is 0 Å². The number of hydrogen-bond donors (Lipinski definition) is 3. The molecular weight excluding hydrogens is 200 g/mol. The second-order valence-corrected chi connectivity index (χ2v) is 3.64. The molecule has 74 valence electrons. The zero-order valence-electron chi connectivity index (χ0n) is 7.50. The van der Waals surface area contributed by atoms with E-state index in [0.29, 0.717) is 5.02 Å². The number of H-pyrrole nitrogens is 1. The minimum atomic E-state index is -0.638. The van der Waals surface area contributed by atoms with Crippen LogP contribution in [-0.4, -0.2) is 16.6 Å². The van der Waals surface area contributed by atoms with Crippen molar-refractivity contribution in [2.45, 2.75) is 6.10 Å². The zero-order valence-corrected chi connectivity index (χ0v) is 8.25. The van der Waals surface area contributed by atoms with Gasteiger partial charge in [0.05, 0.1) is 0 Å². The molecule has 0 spiro atoms. The first-order chi connectivity index (χ1) is 6.70. The molecule has 0 saturated carbocycles. The third-order valence-electron chi connectivity index (χ3n) is 2.19. The van der Waals surface area contributed by atoms with Gasteiger partial charge in [-0.15, -0.1) is 0 Å². The maximum absolute atomic E-state index is 9.51. The molecule has 2 rings (SSSR count). The summed E-state index contributed by atoms with van der Waals surface area (Å²) in [5.74, 6) is 0. The summed E-state index contributed by atoms with van der Waals surface area (Å²) in [5.41, 5.74) is 7.00. The number of aromatic nitrogens is 1. The molecule has 0 bridgehead atoms. The van der Waals surface area contributed by atoms with Crippen molar-refractivity contribution in [1.29, 1.82) is 0 Å². The molecule has 0 amide bonds. The van der Waals surface area contributed by atoms with Gasteiger partial charge < -0.3 is 15.8 Å². The van der Waals surface area contributed by atoms with Crippen molar-refractivity contribution >= 4 is 22.5 Å². The van der Waals surface area contributed by atoms with Crippen LogP contribution < -0.4 is 5.73 Å². The number of aliphatic hydroxyl groups is 1. The smallest absolute Gasteiger partial charge is 0.106 e. The molecule has 2 aromatic rings. The highest BCUT2D eigenvalue weighted by molar-refractivity contribution is 6.31. The average molecular weight is 211 g/mol. The Hall–Kier alpha value is -1.03. The average Bonchev–Trinajstić information content (AvgIpc) is 2.59. The van der Waals surface area contributed by atoms with Crippen LogP contribution in [-0.2, 0) is 0 Å². The van der Waals surface area contributed by atoms with E-state index < -0.39 is 6.10 Å². The molecule has 1 atom stereocenters. The fraction of sp³-hybridized carbons (Fsp3) is 0.200. The predicted molar refractivity (Wildman–Crippen MR) is 57.3 cm³/mol. The second kappa shape index (κ2) is 3.61. The van der Waals surface area contributed by atoms with Gasteiger partial charge in [0.25, 0.3) is 0 Å². The van der Waals surface area contributed by atoms with Crippen molar-refractivity contribution in [2.24, 2.45) is 5.73 Å². The Morgan fingerprint density at radius 2 is 2.21 bits per heavy atom. The fourth-order valence-corrected chi connectivity index (χ4v) is 1.60.